The Labute approximate surface area is 111 Å². The second kappa shape index (κ2) is 6.50. The zero-order valence-electron chi connectivity index (χ0n) is 10.8. The van der Waals surface area contributed by atoms with Crippen LogP contribution in [0, 0.1) is 11.6 Å². The molecule has 1 fully saturated rings. The van der Waals surface area contributed by atoms with Crippen molar-refractivity contribution in [1.29, 1.82) is 0 Å². The molecular weight excluding hydrogens is 250 g/mol. The van der Waals surface area contributed by atoms with Crippen LogP contribution in [-0.2, 0) is 4.79 Å². The number of amides is 1. The van der Waals surface area contributed by atoms with Crippen LogP contribution in [-0.4, -0.2) is 30.4 Å². The third kappa shape index (κ3) is 4.19. The lowest BCUT2D eigenvalue weighted by Gasteiger charge is -2.20. The Balaban J connectivity index is 1.88. The molecular formula is C14H18F2N2O. The summed E-state index contributed by atoms with van der Waals surface area (Å²) < 4.78 is 26.0. The Kier molecular flexibility index (Phi) is 4.71. The van der Waals surface area contributed by atoms with Crippen molar-refractivity contribution < 1.29 is 13.6 Å². The van der Waals surface area contributed by atoms with E-state index in [0.717, 1.165) is 44.8 Å². The van der Waals surface area contributed by atoms with Gasteiger partial charge in [0.1, 0.15) is 11.6 Å². The fraction of sp³-hybridized carbons (Fsp3) is 0.500. The fourth-order valence-electron chi connectivity index (χ4n) is 2.27. The number of benzene rings is 1. The molecule has 104 valence electrons. The third-order valence-corrected chi connectivity index (χ3v) is 3.27. The molecule has 1 amide bonds. The van der Waals surface area contributed by atoms with Gasteiger partial charge in [0.2, 0.25) is 5.91 Å². The summed E-state index contributed by atoms with van der Waals surface area (Å²) in [6.07, 6.45) is 4.37. The van der Waals surface area contributed by atoms with Crippen LogP contribution in [0.3, 0.4) is 0 Å². The summed E-state index contributed by atoms with van der Waals surface area (Å²) in [4.78, 5) is 13.8. The Morgan fingerprint density at radius 2 is 1.63 bits per heavy atom. The lowest BCUT2D eigenvalue weighted by atomic mass is 10.2. The minimum absolute atomic E-state index is 0.0217. The van der Waals surface area contributed by atoms with Crippen LogP contribution in [0.25, 0.3) is 0 Å². The van der Waals surface area contributed by atoms with E-state index in [0.29, 0.717) is 5.69 Å². The van der Waals surface area contributed by atoms with Crippen molar-refractivity contribution in [1.82, 2.24) is 4.90 Å². The van der Waals surface area contributed by atoms with E-state index in [1.54, 1.807) is 0 Å². The Hall–Kier alpha value is -1.65. The maximum absolute atomic E-state index is 13.0. The molecule has 0 aliphatic carbocycles. The van der Waals surface area contributed by atoms with E-state index in [1.165, 1.54) is 12.1 Å². The van der Waals surface area contributed by atoms with E-state index in [4.69, 9.17) is 0 Å². The lowest BCUT2D eigenvalue weighted by Crippen LogP contribution is -2.36. The summed E-state index contributed by atoms with van der Waals surface area (Å²) in [5, 5.41) is 2.77. The highest BCUT2D eigenvalue weighted by molar-refractivity contribution is 5.80. The smallest absolute Gasteiger partial charge is 0.241 e. The van der Waals surface area contributed by atoms with Crippen molar-refractivity contribution >= 4 is 11.6 Å². The highest BCUT2D eigenvalue weighted by Gasteiger charge is 2.15. The van der Waals surface area contributed by atoms with Gasteiger partial charge in [-0.05, 0) is 25.0 Å². The molecule has 2 rings (SSSR count). The summed E-state index contributed by atoms with van der Waals surface area (Å²) >= 11 is 0. The number of carbonyl (C=O) groups excluding carboxylic acids is 1. The molecule has 19 heavy (non-hydrogen) atoms. The molecule has 0 spiro atoms. The average molecular weight is 268 g/mol. The van der Waals surface area contributed by atoms with Gasteiger partial charge in [-0.1, -0.05) is 12.8 Å². The number of hydrogen-bond acceptors (Lipinski definition) is 2. The van der Waals surface area contributed by atoms with Crippen LogP contribution in [0.15, 0.2) is 18.2 Å². The summed E-state index contributed by atoms with van der Waals surface area (Å²) in [7, 11) is 0. The fourth-order valence-corrected chi connectivity index (χ4v) is 2.27. The van der Waals surface area contributed by atoms with E-state index in [2.05, 4.69) is 5.32 Å². The van der Waals surface area contributed by atoms with E-state index in [1.807, 2.05) is 4.90 Å². The Morgan fingerprint density at radius 1 is 1.05 bits per heavy atom. The van der Waals surface area contributed by atoms with Gasteiger partial charge in [0.25, 0.3) is 0 Å². The van der Waals surface area contributed by atoms with Crippen LogP contribution < -0.4 is 5.32 Å². The van der Waals surface area contributed by atoms with Gasteiger partial charge >= 0.3 is 0 Å². The number of nitrogens with zero attached hydrogens (tertiary/aromatic N) is 1. The highest BCUT2D eigenvalue weighted by atomic mass is 19.1. The summed E-state index contributed by atoms with van der Waals surface area (Å²) in [6.45, 7) is 1.62. The largest absolute Gasteiger partial charge is 0.376 e. The SMILES string of the molecule is O=C(CNc1cc(F)cc(F)c1)N1CCCCCC1. The molecule has 1 heterocycles. The first-order valence-electron chi connectivity index (χ1n) is 6.63. The van der Waals surface area contributed by atoms with E-state index in [-0.39, 0.29) is 12.5 Å². The van der Waals surface area contributed by atoms with Crippen molar-refractivity contribution in [2.45, 2.75) is 25.7 Å². The maximum Gasteiger partial charge on any atom is 0.241 e. The quantitative estimate of drug-likeness (QED) is 0.914. The standard InChI is InChI=1S/C14H18F2N2O/c15-11-7-12(16)9-13(8-11)17-10-14(19)18-5-3-1-2-4-6-18/h7-9,17H,1-6,10H2. The monoisotopic (exact) mass is 268 g/mol. The van der Waals surface area contributed by atoms with Gasteiger partial charge < -0.3 is 10.2 Å². The van der Waals surface area contributed by atoms with Gasteiger partial charge in [-0.2, -0.15) is 0 Å². The minimum atomic E-state index is -0.648. The molecule has 1 aliphatic heterocycles. The summed E-state index contributed by atoms with van der Waals surface area (Å²) in [5.74, 6) is -1.32. The Bertz CT molecular complexity index is 423. The molecule has 0 radical (unpaired) electrons. The molecule has 0 bridgehead atoms. The molecule has 1 aromatic carbocycles. The molecule has 3 nitrogen and oxygen atoms in total. The zero-order valence-corrected chi connectivity index (χ0v) is 10.8. The second-order valence-electron chi connectivity index (χ2n) is 4.81. The average Bonchev–Trinajstić information content (AvgIpc) is 2.63. The van der Waals surface area contributed by atoms with E-state index in [9.17, 15) is 13.6 Å². The van der Waals surface area contributed by atoms with E-state index < -0.39 is 11.6 Å². The molecule has 1 aliphatic rings. The summed E-state index contributed by atoms with van der Waals surface area (Å²) in [6, 6.07) is 3.17. The molecule has 0 atom stereocenters. The number of hydrogen-bond donors (Lipinski definition) is 1. The van der Waals surface area contributed by atoms with Crippen LogP contribution in [0.1, 0.15) is 25.7 Å². The number of likely N-dealkylation sites (tertiary alicyclic amines) is 1. The molecule has 0 saturated carbocycles. The van der Waals surface area contributed by atoms with Crippen LogP contribution in [0.4, 0.5) is 14.5 Å². The molecule has 1 N–H and O–H groups in total. The van der Waals surface area contributed by atoms with Crippen LogP contribution in [0.2, 0.25) is 0 Å². The molecule has 0 aromatic heterocycles. The second-order valence-corrected chi connectivity index (χ2v) is 4.81. The molecule has 1 saturated heterocycles. The number of anilines is 1. The van der Waals surface area contributed by atoms with Crippen molar-refractivity contribution in [3.8, 4) is 0 Å². The molecule has 5 heteroatoms. The number of rotatable bonds is 3. The van der Waals surface area contributed by atoms with Crippen LogP contribution >= 0.6 is 0 Å². The summed E-state index contributed by atoms with van der Waals surface area (Å²) in [5.41, 5.74) is 0.292. The van der Waals surface area contributed by atoms with Gasteiger partial charge in [0, 0.05) is 24.8 Å². The lowest BCUT2D eigenvalue weighted by molar-refractivity contribution is -0.129. The first-order valence-corrected chi connectivity index (χ1v) is 6.63. The predicted molar refractivity (Wildman–Crippen MR) is 69.9 cm³/mol. The molecule has 1 aromatic rings. The van der Waals surface area contributed by atoms with Crippen LogP contribution in [0.5, 0.6) is 0 Å². The van der Waals surface area contributed by atoms with Crippen molar-refractivity contribution in [3.63, 3.8) is 0 Å². The van der Waals surface area contributed by atoms with Gasteiger partial charge in [-0.15, -0.1) is 0 Å². The van der Waals surface area contributed by atoms with Crippen molar-refractivity contribution in [2.24, 2.45) is 0 Å². The molecule has 0 unspecified atom stereocenters. The maximum atomic E-state index is 13.0. The van der Waals surface area contributed by atoms with Gasteiger partial charge in [-0.25, -0.2) is 8.78 Å². The third-order valence-electron chi connectivity index (χ3n) is 3.27. The highest BCUT2D eigenvalue weighted by Crippen LogP contribution is 2.13. The van der Waals surface area contributed by atoms with E-state index >= 15 is 0 Å². The first kappa shape index (κ1) is 13.8. The Morgan fingerprint density at radius 3 is 2.21 bits per heavy atom. The number of carbonyl (C=O) groups is 1. The number of nitrogens with one attached hydrogen (secondary N) is 1. The van der Waals surface area contributed by atoms with Gasteiger partial charge in [0.15, 0.2) is 0 Å². The van der Waals surface area contributed by atoms with Crippen molar-refractivity contribution in [3.05, 3.63) is 29.8 Å². The van der Waals surface area contributed by atoms with Crippen molar-refractivity contribution in [2.75, 3.05) is 25.0 Å². The predicted octanol–water partition coefficient (Wildman–Crippen LogP) is 2.78. The van der Waals surface area contributed by atoms with Gasteiger partial charge in [-0.3, -0.25) is 4.79 Å². The normalized spacial score (nSPS) is 16.0. The number of halogens is 2. The van der Waals surface area contributed by atoms with Gasteiger partial charge in [0.05, 0.1) is 6.54 Å². The zero-order chi connectivity index (χ0) is 13.7. The minimum Gasteiger partial charge on any atom is -0.376 e. The first-order chi connectivity index (χ1) is 9.15. The topological polar surface area (TPSA) is 32.3 Å².